The van der Waals surface area contributed by atoms with E-state index in [4.69, 9.17) is 23.2 Å². The fourth-order valence-corrected chi connectivity index (χ4v) is 5.32. The highest BCUT2D eigenvalue weighted by molar-refractivity contribution is 7.92. The second-order valence-corrected chi connectivity index (χ2v) is 9.30. The molecular weight excluding hydrogens is 449 g/mol. The number of rotatable bonds is 5. The van der Waals surface area contributed by atoms with E-state index in [1.807, 2.05) is 13.0 Å². The van der Waals surface area contributed by atoms with Crippen molar-refractivity contribution in [1.82, 2.24) is 20.1 Å². The Morgan fingerprint density at radius 2 is 1.93 bits per heavy atom. The number of carbonyl (C=O) groups excluding carboxylic acids is 1. The quantitative estimate of drug-likeness (QED) is 0.598. The van der Waals surface area contributed by atoms with Crippen LogP contribution in [0.15, 0.2) is 47.6 Å². The Labute approximate surface area is 183 Å². The number of halogens is 2. The number of carbonyl (C=O) groups is 1. The van der Waals surface area contributed by atoms with E-state index in [9.17, 15) is 13.2 Å². The van der Waals surface area contributed by atoms with Crippen LogP contribution in [0.3, 0.4) is 0 Å². The number of sulfonamides is 1. The largest absolute Gasteiger partial charge is 0.331 e. The number of amides is 1. The van der Waals surface area contributed by atoms with Gasteiger partial charge in [0, 0.05) is 16.6 Å². The molecule has 1 amide bonds. The van der Waals surface area contributed by atoms with Gasteiger partial charge in [-0.15, -0.1) is 0 Å². The summed E-state index contributed by atoms with van der Waals surface area (Å²) >= 11 is 12.4. The molecule has 2 aromatic carbocycles. The minimum Gasteiger partial charge on any atom is -0.331 e. The van der Waals surface area contributed by atoms with E-state index >= 15 is 0 Å². The second-order valence-electron chi connectivity index (χ2n) is 6.84. The van der Waals surface area contributed by atoms with Gasteiger partial charge in [-0.1, -0.05) is 41.4 Å². The fourth-order valence-electron chi connectivity index (χ4n) is 3.57. The van der Waals surface area contributed by atoms with Crippen molar-refractivity contribution in [2.45, 2.75) is 30.8 Å². The summed E-state index contributed by atoms with van der Waals surface area (Å²) in [4.78, 5) is 18.5. The standard InChI is InChI=1S/C19H17Cl2N5O3S/c1-11-12-4-2-7-17(30(28,29)25-19-22-10-23-24-19)14(12)9-26(11)18(27)8-13-15(20)5-3-6-16(13)21/h2-7,10-11H,8-9H2,1H3,(H2,22,23,24,25)/t11-/m0/s1. The third-order valence-electron chi connectivity index (χ3n) is 5.06. The molecule has 1 aliphatic rings. The third-order valence-corrected chi connectivity index (χ3v) is 7.19. The molecule has 8 nitrogen and oxygen atoms in total. The number of nitrogens with one attached hydrogen (secondary N) is 2. The normalized spacial score (nSPS) is 15.8. The van der Waals surface area contributed by atoms with Crippen LogP contribution in [-0.4, -0.2) is 34.4 Å². The van der Waals surface area contributed by atoms with Crippen molar-refractivity contribution in [3.8, 4) is 0 Å². The van der Waals surface area contributed by atoms with Crippen molar-refractivity contribution in [2.24, 2.45) is 0 Å². The van der Waals surface area contributed by atoms with Gasteiger partial charge in [-0.2, -0.15) is 10.1 Å². The number of anilines is 1. The van der Waals surface area contributed by atoms with Crippen LogP contribution in [0.5, 0.6) is 0 Å². The van der Waals surface area contributed by atoms with Crippen LogP contribution in [0.2, 0.25) is 10.0 Å². The fraction of sp³-hybridized carbons (Fsp3) is 0.211. The van der Waals surface area contributed by atoms with Crippen molar-refractivity contribution in [1.29, 1.82) is 0 Å². The molecule has 1 aromatic heterocycles. The van der Waals surface area contributed by atoms with Gasteiger partial charge in [0.05, 0.1) is 17.4 Å². The number of H-pyrrole nitrogens is 1. The summed E-state index contributed by atoms with van der Waals surface area (Å²) in [5, 5.41) is 6.93. The molecule has 0 fully saturated rings. The maximum atomic E-state index is 13.0. The number of hydrogen-bond acceptors (Lipinski definition) is 5. The first-order chi connectivity index (χ1) is 14.3. The number of nitrogens with zero attached hydrogens (tertiary/aromatic N) is 3. The van der Waals surface area contributed by atoms with Crippen molar-refractivity contribution in [2.75, 3.05) is 4.72 Å². The summed E-state index contributed by atoms with van der Waals surface area (Å²) < 4.78 is 28.1. The molecule has 0 radical (unpaired) electrons. The predicted octanol–water partition coefficient (Wildman–Crippen LogP) is 3.56. The Hall–Kier alpha value is -2.62. The molecule has 0 spiro atoms. The van der Waals surface area contributed by atoms with Gasteiger partial charge in [-0.05, 0) is 41.8 Å². The van der Waals surface area contributed by atoms with Crippen LogP contribution < -0.4 is 4.72 Å². The molecule has 3 aromatic rings. The monoisotopic (exact) mass is 465 g/mol. The highest BCUT2D eigenvalue weighted by Gasteiger charge is 2.35. The van der Waals surface area contributed by atoms with Crippen LogP contribution in [0.25, 0.3) is 0 Å². The highest BCUT2D eigenvalue weighted by atomic mass is 35.5. The molecule has 0 bridgehead atoms. The summed E-state index contributed by atoms with van der Waals surface area (Å²) in [5.74, 6) is -0.180. The van der Waals surface area contributed by atoms with E-state index in [0.29, 0.717) is 21.2 Å². The number of benzene rings is 2. The lowest BCUT2D eigenvalue weighted by molar-refractivity contribution is -0.132. The first-order valence-electron chi connectivity index (χ1n) is 9.00. The Bertz CT molecular complexity index is 1190. The van der Waals surface area contributed by atoms with Gasteiger partial charge in [-0.3, -0.25) is 4.79 Å². The highest BCUT2D eigenvalue weighted by Crippen LogP contribution is 2.38. The van der Waals surface area contributed by atoms with Crippen molar-refractivity contribution < 1.29 is 13.2 Å². The van der Waals surface area contributed by atoms with Gasteiger partial charge in [0.2, 0.25) is 11.9 Å². The summed E-state index contributed by atoms with van der Waals surface area (Å²) in [6, 6.07) is 9.76. The second kappa shape index (κ2) is 7.90. The number of hydrogen-bond donors (Lipinski definition) is 2. The molecule has 0 unspecified atom stereocenters. The van der Waals surface area contributed by atoms with Gasteiger partial charge in [-0.25, -0.2) is 18.2 Å². The Kier molecular flexibility index (Phi) is 5.44. The lowest BCUT2D eigenvalue weighted by Gasteiger charge is -2.22. The Balaban J connectivity index is 1.62. The van der Waals surface area contributed by atoms with Crippen molar-refractivity contribution in [3.63, 3.8) is 0 Å². The third kappa shape index (κ3) is 3.76. The van der Waals surface area contributed by atoms with Gasteiger partial charge >= 0.3 is 0 Å². The van der Waals surface area contributed by atoms with E-state index in [-0.39, 0.29) is 35.8 Å². The van der Waals surface area contributed by atoms with Crippen LogP contribution in [0.4, 0.5) is 5.95 Å². The zero-order valence-electron chi connectivity index (χ0n) is 15.8. The average Bonchev–Trinajstić information content (AvgIpc) is 3.32. The van der Waals surface area contributed by atoms with Gasteiger partial charge < -0.3 is 4.90 Å². The van der Waals surface area contributed by atoms with Gasteiger partial charge in [0.25, 0.3) is 10.0 Å². The minimum absolute atomic E-state index is 0.0138. The molecule has 4 rings (SSSR count). The van der Waals surface area contributed by atoms with Gasteiger partial charge in [0.1, 0.15) is 6.33 Å². The Morgan fingerprint density at radius 1 is 1.23 bits per heavy atom. The predicted molar refractivity (Wildman–Crippen MR) is 113 cm³/mol. The average molecular weight is 466 g/mol. The molecule has 1 aliphatic heterocycles. The van der Waals surface area contributed by atoms with E-state index in [2.05, 4.69) is 19.9 Å². The van der Waals surface area contributed by atoms with E-state index in [1.54, 1.807) is 29.2 Å². The minimum atomic E-state index is -3.92. The lowest BCUT2D eigenvalue weighted by atomic mass is 10.1. The number of fused-ring (bicyclic) bond motifs is 1. The van der Waals surface area contributed by atoms with Crippen molar-refractivity contribution >= 4 is 45.1 Å². The lowest BCUT2D eigenvalue weighted by Crippen LogP contribution is -2.30. The van der Waals surface area contributed by atoms with Crippen molar-refractivity contribution in [3.05, 3.63) is 69.5 Å². The summed E-state index contributed by atoms with van der Waals surface area (Å²) in [5.41, 5.74) is 1.89. The molecule has 156 valence electrons. The summed E-state index contributed by atoms with van der Waals surface area (Å²) in [6.07, 6.45) is 1.23. The molecule has 2 heterocycles. The molecule has 2 N–H and O–H groups in total. The van der Waals surface area contributed by atoms with E-state index in [1.165, 1.54) is 12.4 Å². The first kappa shape index (κ1) is 20.6. The summed E-state index contributed by atoms with van der Waals surface area (Å²) in [7, 11) is -3.92. The van der Waals surface area contributed by atoms with Crippen LogP contribution >= 0.6 is 23.2 Å². The zero-order chi connectivity index (χ0) is 21.5. The maximum absolute atomic E-state index is 13.0. The smallest absolute Gasteiger partial charge is 0.264 e. The summed E-state index contributed by atoms with van der Waals surface area (Å²) in [6.45, 7) is 2.02. The topological polar surface area (TPSA) is 108 Å². The van der Waals surface area contributed by atoms with Crippen LogP contribution in [-0.2, 0) is 27.8 Å². The molecule has 0 saturated carbocycles. The van der Waals surface area contributed by atoms with E-state index in [0.717, 1.165) is 5.56 Å². The number of aromatic amines is 1. The zero-order valence-corrected chi connectivity index (χ0v) is 18.1. The molecule has 0 aliphatic carbocycles. The maximum Gasteiger partial charge on any atom is 0.264 e. The molecule has 1 atom stereocenters. The first-order valence-corrected chi connectivity index (χ1v) is 11.2. The Morgan fingerprint density at radius 3 is 2.60 bits per heavy atom. The molecule has 11 heteroatoms. The molecule has 30 heavy (non-hydrogen) atoms. The van der Waals surface area contributed by atoms with Crippen LogP contribution in [0, 0.1) is 0 Å². The molecule has 0 saturated heterocycles. The molecular formula is C19H17Cl2N5O3S. The van der Waals surface area contributed by atoms with Crippen LogP contribution in [0.1, 0.15) is 29.7 Å². The SMILES string of the molecule is C[C@H]1c2cccc(S(=O)(=O)Nc3ncn[nH]3)c2CN1C(=O)Cc1c(Cl)cccc1Cl. The van der Waals surface area contributed by atoms with E-state index < -0.39 is 10.0 Å². The van der Waals surface area contributed by atoms with Gasteiger partial charge in [0.15, 0.2) is 0 Å². The number of aromatic nitrogens is 3.